The Morgan fingerprint density at radius 3 is 2.70 bits per heavy atom. The van der Waals surface area contributed by atoms with Crippen molar-refractivity contribution in [2.45, 2.75) is 6.54 Å². The van der Waals surface area contributed by atoms with Gasteiger partial charge in [0.1, 0.15) is 22.5 Å². The average Bonchev–Trinajstić information content (AvgIpc) is 2.41. The van der Waals surface area contributed by atoms with Crippen molar-refractivity contribution in [2.24, 2.45) is 0 Å². The van der Waals surface area contributed by atoms with Crippen LogP contribution >= 0.6 is 11.6 Å². The highest BCUT2D eigenvalue weighted by molar-refractivity contribution is 6.29. The predicted molar refractivity (Wildman–Crippen MR) is 71.4 cm³/mol. The van der Waals surface area contributed by atoms with Crippen LogP contribution in [0, 0.1) is 11.6 Å². The van der Waals surface area contributed by atoms with Crippen LogP contribution in [0.1, 0.15) is 16.1 Å². The minimum absolute atomic E-state index is 0.0130. The third-order valence-corrected chi connectivity index (χ3v) is 2.91. The Labute approximate surface area is 119 Å². The van der Waals surface area contributed by atoms with Crippen LogP contribution in [-0.2, 0) is 6.54 Å². The maximum atomic E-state index is 13.5. The smallest absolute Gasteiger partial charge is 0.272 e. The Morgan fingerprint density at radius 1 is 1.30 bits per heavy atom. The Kier molecular flexibility index (Phi) is 4.29. The fraction of sp³-hybridized carbons (Fsp3) is 0.143. The summed E-state index contributed by atoms with van der Waals surface area (Å²) in [6.45, 7) is 0.0130. The number of pyridine rings is 1. The van der Waals surface area contributed by atoms with E-state index in [1.54, 1.807) is 12.1 Å². The van der Waals surface area contributed by atoms with Gasteiger partial charge in [-0.2, -0.15) is 0 Å². The zero-order valence-electron chi connectivity index (χ0n) is 10.6. The normalized spacial score (nSPS) is 10.4. The molecule has 1 amide bonds. The number of hydrogen-bond acceptors (Lipinski definition) is 2. The Balaban J connectivity index is 2.15. The van der Waals surface area contributed by atoms with Crippen LogP contribution in [0.2, 0.25) is 5.15 Å². The van der Waals surface area contributed by atoms with Crippen LogP contribution in [0.15, 0.2) is 36.4 Å². The lowest BCUT2D eigenvalue weighted by Gasteiger charge is -2.17. The Morgan fingerprint density at radius 2 is 2.05 bits per heavy atom. The minimum atomic E-state index is -0.691. The summed E-state index contributed by atoms with van der Waals surface area (Å²) in [6, 6.07) is 7.91. The number of halogens is 3. The van der Waals surface area contributed by atoms with Gasteiger partial charge in [-0.1, -0.05) is 23.7 Å². The first-order valence-electron chi connectivity index (χ1n) is 5.79. The lowest BCUT2D eigenvalue weighted by molar-refractivity contribution is 0.0778. The second kappa shape index (κ2) is 5.96. The van der Waals surface area contributed by atoms with Gasteiger partial charge in [-0.05, 0) is 18.2 Å². The number of carbonyl (C=O) groups is 1. The van der Waals surface area contributed by atoms with E-state index in [2.05, 4.69) is 4.98 Å². The molecule has 0 spiro atoms. The van der Waals surface area contributed by atoms with Crippen molar-refractivity contribution in [1.29, 1.82) is 0 Å². The van der Waals surface area contributed by atoms with E-state index in [1.807, 2.05) is 0 Å². The summed E-state index contributed by atoms with van der Waals surface area (Å²) in [4.78, 5) is 17.3. The van der Waals surface area contributed by atoms with Crippen molar-refractivity contribution in [3.8, 4) is 0 Å². The molecule has 2 aromatic rings. The summed E-state index contributed by atoms with van der Waals surface area (Å²) in [6.07, 6.45) is 0. The fourth-order valence-corrected chi connectivity index (χ4v) is 1.86. The first kappa shape index (κ1) is 14.4. The molecule has 1 aromatic heterocycles. The van der Waals surface area contributed by atoms with E-state index in [-0.39, 0.29) is 23.0 Å². The maximum Gasteiger partial charge on any atom is 0.272 e. The van der Waals surface area contributed by atoms with Gasteiger partial charge in [-0.15, -0.1) is 0 Å². The number of benzene rings is 1. The van der Waals surface area contributed by atoms with E-state index in [1.165, 1.54) is 24.1 Å². The molecule has 0 atom stereocenters. The third kappa shape index (κ3) is 3.30. The largest absolute Gasteiger partial charge is 0.336 e. The van der Waals surface area contributed by atoms with Crippen molar-refractivity contribution in [3.05, 3.63) is 64.4 Å². The molecule has 0 aliphatic heterocycles. The number of hydrogen-bond donors (Lipinski definition) is 0. The quantitative estimate of drug-likeness (QED) is 0.814. The van der Waals surface area contributed by atoms with E-state index in [9.17, 15) is 13.6 Å². The molecule has 104 valence electrons. The van der Waals surface area contributed by atoms with Crippen LogP contribution in [0.4, 0.5) is 8.78 Å². The lowest BCUT2D eigenvalue weighted by atomic mass is 10.2. The van der Waals surface area contributed by atoms with Gasteiger partial charge in [-0.3, -0.25) is 4.79 Å². The van der Waals surface area contributed by atoms with E-state index in [0.717, 1.165) is 12.1 Å². The SMILES string of the molecule is CN(Cc1ccc(F)cc1F)C(=O)c1cccc(Cl)n1. The number of aromatic nitrogens is 1. The van der Waals surface area contributed by atoms with Crippen LogP contribution < -0.4 is 0 Å². The van der Waals surface area contributed by atoms with Gasteiger partial charge < -0.3 is 4.90 Å². The van der Waals surface area contributed by atoms with E-state index in [0.29, 0.717) is 0 Å². The second-order valence-corrected chi connectivity index (χ2v) is 4.63. The van der Waals surface area contributed by atoms with Crippen molar-refractivity contribution in [3.63, 3.8) is 0 Å². The summed E-state index contributed by atoms with van der Waals surface area (Å²) in [5.74, 6) is -1.74. The molecule has 0 bridgehead atoms. The highest BCUT2D eigenvalue weighted by Crippen LogP contribution is 2.13. The molecule has 6 heteroatoms. The summed E-state index contributed by atoms with van der Waals surface area (Å²) < 4.78 is 26.3. The molecule has 0 N–H and O–H groups in total. The number of rotatable bonds is 3. The van der Waals surface area contributed by atoms with Gasteiger partial charge in [0.15, 0.2) is 0 Å². The van der Waals surface area contributed by atoms with Gasteiger partial charge in [-0.25, -0.2) is 13.8 Å². The molecule has 0 fully saturated rings. The molecule has 2 rings (SSSR count). The van der Waals surface area contributed by atoms with Gasteiger partial charge in [0, 0.05) is 25.2 Å². The van der Waals surface area contributed by atoms with Gasteiger partial charge >= 0.3 is 0 Å². The van der Waals surface area contributed by atoms with Crippen LogP contribution in [0.3, 0.4) is 0 Å². The van der Waals surface area contributed by atoms with E-state index < -0.39 is 17.5 Å². The first-order chi connectivity index (χ1) is 9.47. The van der Waals surface area contributed by atoms with E-state index >= 15 is 0 Å². The van der Waals surface area contributed by atoms with Crippen molar-refractivity contribution >= 4 is 17.5 Å². The molecular weight excluding hydrogens is 286 g/mol. The Hall–Kier alpha value is -2.01. The van der Waals surface area contributed by atoms with Crippen molar-refractivity contribution < 1.29 is 13.6 Å². The van der Waals surface area contributed by atoms with Gasteiger partial charge in [0.2, 0.25) is 0 Å². The zero-order valence-corrected chi connectivity index (χ0v) is 11.4. The van der Waals surface area contributed by atoms with Crippen LogP contribution in [-0.4, -0.2) is 22.8 Å². The molecule has 0 radical (unpaired) electrons. The molecule has 0 aliphatic rings. The van der Waals surface area contributed by atoms with Crippen molar-refractivity contribution in [2.75, 3.05) is 7.05 Å². The molecule has 1 aromatic carbocycles. The zero-order chi connectivity index (χ0) is 14.7. The second-order valence-electron chi connectivity index (χ2n) is 4.24. The molecule has 0 unspecified atom stereocenters. The molecule has 1 heterocycles. The Bertz CT molecular complexity index is 649. The van der Waals surface area contributed by atoms with E-state index in [4.69, 9.17) is 11.6 Å². The molecule has 0 saturated heterocycles. The summed E-state index contributed by atoms with van der Waals surface area (Å²) in [5, 5.41) is 0.206. The number of nitrogens with zero attached hydrogens (tertiary/aromatic N) is 2. The molecular formula is C14H11ClF2N2O. The van der Waals surface area contributed by atoms with Crippen LogP contribution in [0.5, 0.6) is 0 Å². The standard InChI is InChI=1S/C14H11ClF2N2O/c1-19(8-9-5-6-10(16)7-11(9)17)14(20)12-3-2-4-13(15)18-12/h2-7H,8H2,1H3. The molecule has 20 heavy (non-hydrogen) atoms. The van der Waals surface area contributed by atoms with Gasteiger partial charge in [0.05, 0.1) is 0 Å². The van der Waals surface area contributed by atoms with Gasteiger partial charge in [0.25, 0.3) is 5.91 Å². The molecule has 3 nitrogen and oxygen atoms in total. The predicted octanol–water partition coefficient (Wildman–Crippen LogP) is 3.29. The first-order valence-corrected chi connectivity index (χ1v) is 6.17. The highest BCUT2D eigenvalue weighted by Gasteiger charge is 2.15. The number of carbonyl (C=O) groups excluding carboxylic acids is 1. The monoisotopic (exact) mass is 296 g/mol. The van der Waals surface area contributed by atoms with Crippen LogP contribution in [0.25, 0.3) is 0 Å². The fourth-order valence-electron chi connectivity index (χ4n) is 1.70. The average molecular weight is 297 g/mol. The minimum Gasteiger partial charge on any atom is -0.336 e. The highest BCUT2D eigenvalue weighted by atomic mass is 35.5. The molecule has 0 saturated carbocycles. The molecule has 0 aliphatic carbocycles. The lowest BCUT2D eigenvalue weighted by Crippen LogP contribution is -2.27. The maximum absolute atomic E-state index is 13.5. The summed E-state index contributed by atoms with van der Waals surface area (Å²) in [7, 11) is 1.51. The summed E-state index contributed by atoms with van der Waals surface area (Å²) >= 11 is 5.71. The summed E-state index contributed by atoms with van der Waals surface area (Å²) in [5.41, 5.74) is 0.395. The third-order valence-electron chi connectivity index (χ3n) is 2.70. The number of amides is 1. The topological polar surface area (TPSA) is 33.2 Å². The van der Waals surface area contributed by atoms with Crippen molar-refractivity contribution in [1.82, 2.24) is 9.88 Å².